The summed E-state index contributed by atoms with van der Waals surface area (Å²) >= 11 is 0. The average molecular weight is 557 g/mol. The smallest absolute Gasteiger partial charge is 0.414 e. The molecule has 0 saturated carbocycles. The number of nitrogens with zero attached hydrogens (tertiary/aromatic N) is 2. The van der Waals surface area contributed by atoms with Gasteiger partial charge in [-0.2, -0.15) is 0 Å². The Balaban J connectivity index is 2.39. The number of hydrogen-bond acceptors (Lipinski definition) is 7. The van der Waals surface area contributed by atoms with E-state index in [-0.39, 0.29) is 11.0 Å². The fraction of sp³-hybridized carbons (Fsp3) is 0.517. The lowest BCUT2D eigenvalue weighted by Crippen LogP contribution is -2.47. The Bertz CT molecular complexity index is 1160. The van der Waals surface area contributed by atoms with E-state index in [2.05, 4.69) is 54.5 Å². The highest BCUT2D eigenvalue weighted by Crippen LogP contribution is 2.37. The summed E-state index contributed by atoms with van der Waals surface area (Å²) in [4.78, 5) is 34.0. The number of rotatable bonds is 5. The molecule has 2 amide bonds. The van der Waals surface area contributed by atoms with Gasteiger partial charge in [0.25, 0.3) is 0 Å². The minimum Gasteiger partial charge on any atom is -0.444 e. The number of amides is 2. The van der Waals surface area contributed by atoms with Gasteiger partial charge in [-0.05, 0) is 77.9 Å². The number of guanidine groups is 1. The third-order valence-corrected chi connectivity index (χ3v) is 10.4. The van der Waals surface area contributed by atoms with Gasteiger partial charge >= 0.3 is 12.2 Å². The minimum atomic E-state index is -1.96. The summed E-state index contributed by atoms with van der Waals surface area (Å²) in [5.41, 5.74) is 1.57. The summed E-state index contributed by atoms with van der Waals surface area (Å²) in [5.74, 6) is -0.127. The standard InChI is InChI=1S/C29H44N4O5Si/c1-27(2,3)37-25(34)32-24(33-26(35)38-28(4,5)6)31-22-16-12-14-20(18-22)23-21(15-13-17-30-23)19-36-39(10,11)29(7,8)9/h12-18H,19H2,1-11H3,(H2,31,32,33,34,35). The SMILES string of the molecule is CC(C)(C)OC(=O)NC(=Nc1cccc(-c2ncccc2CO[Si](C)(C)C(C)(C)C)c1)NC(=O)OC(C)(C)C. The van der Waals surface area contributed by atoms with E-state index in [0.29, 0.717) is 12.3 Å². The molecule has 0 aliphatic carbocycles. The topological polar surface area (TPSA) is 111 Å². The first kappa shape index (κ1) is 32.0. The zero-order chi connectivity index (χ0) is 29.6. The van der Waals surface area contributed by atoms with Crippen molar-refractivity contribution in [1.82, 2.24) is 15.6 Å². The van der Waals surface area contributed by atoms with E-state index < -0.39 is 31.7 Å². The van der Waals surface area contributed by atoms with Gasteiger partial charge in [-0.15, -0.1) is 0 Å². The fourth-order valence-corrected chi connectivity index (χ4v) is 3.98. The first-order valence-corrected chi connectivity index (χ1v) is 15.9. The van der Waals surface area contributed by atoms with Gasteiger partial charge < -0.3 is 13.9 Å². The summed E-state index contributed by atoms with van der Waals surface area (Å²) in [6.07, 6.45) is 0.215. The highest BCUT2D eigenvalue weighted by Gasteiger charge is 2.37. The first-order chi connectivity index (χ1) is 17.8. The van der Waals surface area contributed by atoms with E-state index >= 15 is 0 Å². The second kappa shape index (κ2) is 12.3. The van der Waals surface area contributed by atoms with Crippen LogP contribution in [0.5, 0.6) is 0 Å². The van der Waals surface area contributed by atoms with Crippen molar-refractivity contribution in [1.29, 1.82) is 0 Å². The lowest BCUT2D eigenvalue weighted by Gasteiger charge is -2.36. The van der Waals surface area contributed by atoms with Crippen LogP contribution >= 0.6 is 0 Å². The van der Waals surface area contributed by atoms with Crippen molar-refractivity contribution in [2.45, 2.75) is 98.3 Å². The van der Waals surface area contributed by atoms with Gasteiger partial charge in [-0.1, -0.05) is 39.0 Å². The van der Waals surface area contributed by atoms with Crippen LogP contribution in [0, 0.1) is 0 Å². The fourth-order valence-electron chi connectivity index (χ4n) is 3.03. The molecule has 0 radical (unpaired) electrons. The number of carbonyl (C=O) groups is 2. The molecule has 0 aliphatic rings. The maximum absolute atomic E-state index is 12.5. The van der Waals surface area contributed by atoms with Crippen LogP contribution in [0.15, 0.2) is 47.6 Å². The number of alkyl carbamates (subject to hydrolysis) is 2. The summed E-state index contributed by atoms with van der Waals surface area (Å²) in [6.45, 7) is 22.0. The number of aliphatic imine (C=N–C) groups is 1. The Morgan fingerprint density at radius 2 is 1.44 bits per heavy atom. The molecule has 0 fully saturated rings. The first-order valence-electron chi connectivity index (χ1n) is 13.0. The number of hydrogen-bond donors (Lipinski definition) is 2. The van der Waals surface area contributed by atoms with Crippen LogP contribution in [0.4, 0.5) is 15.3 Å². The van der Waals surface area contributed by atoms with Gasteiger partial charge in [0.15, 0.2) is 8.32 Å². The van der Waals surface area contributed by atoms with Crippen molar-refractivity contribution in [2.24, 2.45) is 4.99 Å². The Morgan fingerprint density at radius 1 is 0.872 bits per heavy atom. The third kappa shape index (κ3) is 10.8. The van der Waals surface area contributed by atoms with E-state index in [9.17, 15) is 9.59 Å². The molecule has 39 heavy (non-hydrogen) atoms. The quantitative estimate of drug-likeness (QED) is 0.227. The second-order valence-corrected chi connectivity index (χ2v) is 17.6. The maximum Gasteiger partial charge on any atom is 0.414 e. The number of aromatic nitrogens is 1. The molecule has 9 nitrogen and oxygen atoms in total. The number of pyridine rings is 1. The number of nitrogens with one attached hydrogen (secondary N) is 2. The predicted molar refractivity (Wildman–Crippen MR) is 157 cm³/mol. The Kier molecular flexibility index (Phi) is 10.1. The third-order valence-electron chi connectivity index (χ3n) is 5.89. The molecule has 0 atom stereocenters. The zero-order valence-corrected chi connectivity index (χ0v) is 26.2. The summed E-state index contributed by atoms with van der Waals surface area (Å²) in [6, 6.07) is 11.2. The molecule has 214 valence electrons. The van der Waals surface area contributed by atoms with E-state index in [0.717, 1.165) is 16.8 Å². The summed E-state index contributed by atoms with van der Waals surface area (Å²) < 4.78 is 17.1. The molecule has 2 aromatic rings. The molecule has 0 unspecified atom stereocenters. The number of carbonyl (C=O) groups excluding carboxylic acids is 2. The molecule has 0 aliphatic heterocycles. The molecule has 10 heteroatoms. The van der Waals surface area contributed by atoms with E-state index in [1.165, 1.54) is 0 Å². The molecule has 0 saturated heterocycles. The highest BCUT2D eigenvalue weighted by molar-refractivity contribution is 6.74. The molecule has 0 spiro atoms. The van der Waals surface area contributed by atoms with Gasteiger partial charge in [-0.3, -0.25) is 15.6 Å². The monoisotopic (exact) mass is 556 g/mol. The number of benzene rings is 1. The van der Waals surface area contributed by atoms with Crippen molar-refractivity contribution in [3.8, 4) is 11.3 Å². The van der Waals surface area contributed by atoms with Crippen LogP contribution in [-0.4, -0.2) is 42.6 Å². The number of ether oxygens (including phenoxy) is 2. The lowest BCUT2D eigenvalue weighted by atomic mass is 10.1. The van der Waals surface area contributed by atoms with Crippen molar-refractivity contribution < 1.29 is 23.5 Å². The second-order valence-electron chi connectivity index (χ2n) is 12.8. The van der Waals surface area contributed by atoms with Gasteiger partial charge in [0.2, 0.25) is 5.96 Å². The maximum atomic E-state index is 12.5. The van der Waals surface area contributed by atoms with Gasteiger partial charge in [0, 0.05) is 17.3 Å². The molecule has 1 aromatic carbocycles. The van der Waals surface area contributed by atoms with Crippen LogP contribution < -0.4 is 10.6 Å². The van der Waals surface area contributed by atoms with E-state index in [4.69, 9.17) is 13.9 Å². The summed E-state index contributed by atoms with van der Waals surface area (Å²) in [5, 5.41) is 5.10. The molecular formula is C29H44N4O5Si. The van der Waals surface area contributed by atoms with Crippen LogP contribution in [-0.2, 0) is 20.5 Å². The molecule has 2 N–H and O–H groups in total. The lowest BCUT2D eigenvalue weighted by molar-refractivity contribution is 0.0545. The van der Waals surface area contributed by atoms with Gasteiger partial charge in [0.1, 0.15) is 11.2 Å². The van der Waals surface area contributed by atoms with Crippen LogP contribution in [0.2, 0.25) is 18.1 Å². The molecular weight excluding hydrogens is 512 g/mol. The van der Waals surface area contributed by atoms with Crippen molar-refractivity contribution >= 4 is 32.2 Å². The average Bonchev–Trinajstić information content (AvgIpc) is 2.74. The van der Waals surface area contributed by atoms with Crippen LogP contribution in [0.3, 0.4) is 0 Å². The Hall–Kier alpha value is -3.24. The molecule has 1 heterocycles. The Labute approximate surface area is 233 Å². The molecule has 1 aromatic heterocycles. The molecule has 2 rings (SSSR count). The minimum absolute atomic E-state index is 0.0860. The van der Waals surface area contributed by atoms with Crippen LogP contribution in [0.25, 0.3) is 11.3 Å². The highest BCUT2D eigenvalue weighted by atomic mass is 28.4. The van der Waals surface area contributed by atoms with Crippen molar-refractivity contribution in [2.75, 3.05) is 0 Å². The summed E-state index contributed by atoms with van der Waals surface area (Å²) in [7, 11) is -1.96. The van der Waals surface area contributed by atoms with E-state index in [1.54, 1.807) is 53.8 Å². The largest absolute Gasteiger partial charge is 0.444 e. The van der Waals surface area contributed by atoms with E-state index in [1.807, 2.05) is 30.3 Å². The molecule has 0 bridgehead atoms. The normalized spacial score (nSPS) is 12.4. The zero-order valence-electron chi connectivity index (χ0n) is 25.2. The Morgan fingerprint density at radius 3 is 1.95 bits per heavy atom. The predicted octanol–water partition coefficient (Wildman–Crippen LogP) is 7.31. The van der Waals surface area contributed by atoms with Crippen molar-refractivity contribution in [3.05, 3.63) is 48.2 Å². The van der Waals surface area contributed by atoms with Crippen LogP contribution in [0.1, 0.15) is 67.9 Å². The van der Waals surface area contributed by atoms with Crippen molar-refractivity contribution in [3.63, 3.8) is 0 Å². The van der Waals surface area contributed by atoms with Gasteiger partial charge in [0.05, 0.1) is 18.0 Å². The van der Waals surface area contributed by atoms with Gasteiger partial charge in [-0.25, -0.2) is 14.6 Å².